The molecule has 3 nitrogen and oxygen atoms in total. The van der Waals surface area contributed by atoms with E-state index in [1.807, 2.05) is 27.7 Å². The highest BCUT2D eigenvalue weighted by Gasteiger charge is 2.22. The summed E-state index contributed by atoms with van der Waals surface area (Å²) in [5.74, 6) is -0.00870. The van der Waals surface area contributed by atoms with Crippen molar-refractivity contribution in [1.82, 2.24) is 4.98 Å². The molecular weight excluding hydrogens is 178 g/mol. The molecule has 0 atom stereocenters. The van der Waals surface area contributed by atoms with Gasteiger partial charge in [0.1, 0.15) is 0 Å². The number of hydrogen-bond donors (Lipinski definition) is 2. The van der Waals surface area contributed by atoms with Crippen LogP contribution in [0.1, 0.15) is 37.5 Å². The smallest absolute Gasteiger partial charge is 0.253 e. The zero-order valence-electron chi connectivity index (χ0n) is 9.36. The van der Waals surface area contributed by atoms with E-state index in [0.29, 0.717) is 5.56 Å². The minimum absolute atomic E-state index is 0.00870. The fraction of sp³-hybridized carbons (Fsp3) is 0.545. The van der Waals surface area contributed by atoms with Crippen LogP contribution in [0, 0.1) is 13.8 Å². The molecular formula is C11H17NO2. The van der Waals surface area contributed by atoms with Gasteiger partial charge in [-0.1, -0.05) is 20.8 Å². The lowest BCUT2D eigenvalue weighted by atomic mass is 9.83. The van der Waals surface area contributed by atoms with Gasteiger partial charge >= 0.3 is 0 Å². The number of aromatic hydroxyl groups is 1. The highest BCUT2D eigenvalue weighted by atomic mass is 16.3. The van der Waals surface area contributed by atoms with Crippen molar-refractivity contribution in [2.75, 3.05) is 0 Å². The molecule has 0 aromatic carbocycles. The molecule has 0 aliphatic heterocycles. The Kier molecular flexibility index (Phi) is 2.44. The molecule has 0 aliphatic rings. The van der Waals surface area contributed by atoms with Gasteiger partial charge in [-0.3, -0.25) is 9.78 Å². The van der Waals surface area contributed by atoms with Gasteiger partial charge in [0.2, 0.25) is 0 Å². The second-order valence-electron chi connectivity index (χ2n) is 4.68. The molecule has 3 heteroatoms. The summed E-state index contributed by atoms with van der Waals surface area (Å²) >= 11 is 0. The van der Waals surface area contributed by atoms with E-state index in [2.05, 4.69) is 4.98 Å². The number of aromatic nitrogens is 1. The van der Waals surface area contributed by atoms with Crippen LogP contribution in [-0.4, -0.2) is 10.1 Å². The zero-order chi connectivity index (χ0) is 11.1. The second-order valence-corrected chi connectivity index (χ2v) is 4.68. The lowest BCUT2D eigenvalue weighted by Gasteiger charge is -2.23. The Balaban J connectivity index is 3.61. The Morgan fingerprint density at radius 3 is 2.07 bits per heavy atom. The molecule has 0 spiro atoms. The van der Waals surface area contributed by atoms with Gasteiger partial charge in [-0.2, -0.15) is 0 Å². The van der Waals surface area contributed by atoms with Crippen LogP contribution in [-0.2, 0) is 5.41 Å². The summed E-state index contributed by atoms with van der Waals surface area (Å²) in [6.45, 7) is 9.65. The predicted molar refractivity (Wildman–Crippen MR) is 56.9 cm³/mol. The van der Waals surface area contributed by atoms with Crippen molar-refractivity contribution < 1.29 is 5.11 Å². The summed E-state index contributed by atoms with van der Waals surface area (Å²) in [7, 11) is 0. The topological polar surface area (TPSA) is 53.1 Å². The van der Waals surface area contributed by atoms with E-state index in [-0.39, 0.29) is 16.9 Å². The maximum atomic E-state index is 11.3. The van der Waals surface area contributed by atoms with Gasteiger partial charge in [0.15, 0.2) is 5.88 Å². The number of pyridine rings is 1. The summed E-state index contributed by atoms with van der Waals surface area (Å²) in [6, 6.07) is 0. The number of hydrogen-bond acceptors (Lipinski definition) is 2. The molecule has 0 amide bonds. The van der Waals surface area contributed by atoms with E-state index >= 15 is 0 Å². The molecule has 1 rings (SSSR count). The molecule has 0 bridgehead atoms. The number of aromatic amines is 1. The number of H-pyrrole nitrogens is 1. The molecule has 0 fully saturated rings. The first-order chi connectivity index (χ1) is 6.25. The highest BCUT2D eigenvalue weighted by Crippen LogP contribution is 2.31. The molecule has 2 N–H and O–H groups in total. The first-order valence-corrected chi connectivity index (χ1v) is 4.68. The molecule has 78 valence electrons. The van der Waals surface area contributed by atoms with Gasteiger partial charge in [0.05, 0.1) is 0 Å². The number of nitrogens with one attached hydrogen (secondary N) is 1. The van der Waals surface area contributed by atoms with E-state index in [1.54, 1.807) is 6.92 Å². The molecule has 0 saturated heterocycles. The van der Waals surface area contributed by atoms with Crippen LogP contribution in [0.4, 0.5) is 0 Å². The van der Waals surface area contributed by atoms with Crippen LogP contribution in [0.15, 0.2) is 4.79 Å². The summed E-state index contributed by atoms with van der Waals surface area (Å²) in [5, 5.41) is 9.68. The van der Waals surface area contributed by atoms with Gasteiger partial charge in [-0.05, 0) is 24.8 Å². The first-order valence-electron chi connectivity index (χ1n) is 4.68. The summed E-state index contributed by atoms with van der Waals surface area (Å²) < 4.78 is 0. The summed E-state index contributed by atoms with van der Waals surface area (Å²) in [6.07, 6.45) is 0. The Hall–Kier alpha value is -1.25. The van der Waals surface area contributed by atoms with Crippen LogP contribution in [0.3, 0.4) is 0 Å². The lowest BCUT2D eigenvalue weighted by molar-refractivity contribution is 0.422. The van der Waals surface area contributed by atoms with Crippen molar-refractivity contribution in [2.45, 2.75) is 40.0 Å². The van der Waals surface area contributed by atoms with Gasteiger partial charge in [-0.15, -0.1) is 0 Å². The van der Waals surface area contributed by atoms with Crippen molar-refractivity contribution in [1.29, 1.82) is 0 Å². The molecule has 1 aromatic heterocycles. The van der Waals surface area contributed by atoms with Crippen molar-refractivity contribution in [2.24, 2.45) is 0 Å². The van der Waals surface area contributed by atoms with Crippen LogP contribution < -0.4 is 5.56 Å². The second kappa shape index (κ2) is 3.15. The zero-order valence-corrected chi connectivity index (χ0v) is 9.36. The van der Waals surface area contributed by atoms with Crippen molar-refractivity contribution in [3.05, 3.63) is 27.0 Å². The Bertz CT molecular complexity index is 411. The van der Waals surface area contributed by atoms with Crippen LogP contribution >= 0.6 is 0 Å². The molecule has 1 aromatic rings. The molecule has 0 aliphatic carbocycles. The molecule has 0 saturated carbocycles. The van der Waals surface area contributed by atoms with Crippen molar-refractivity contribution in [3.8, 4) is 5.88 Å². The van der Waals surface area contributed by atoms with E-state index in [9.17, 15) is 9.90 Å². The monoisotopic (exact) mass is 195 g/mol. The van der Waals surface area contributed by atoms with E-state index < -0.39 is 0 Å². The van der Waals surface area contributed by atoms with Crippen molar-refractivity contribution >= 4 is 0 Å². The molecule has 14 heavy (non-hydrogen) atoms. The average molecular weight is 195 g/mol. The minimum atomic E-state index is -0.215. The van der Waals surface area contributed by atoms with Gasteiger partial charge in [0.25, 0.3) is 5.56 Å². The lowest BCUT2D eigenvalue weighted by Crippen LogP contribution is -2.20. The average Bonchev–Trinajstić information content (AvgIpc) is 1.97. The Morgan fingerprint density at radius 2 is 1.64 bits per heavy atom. The van der Waals surface area contributed by atoms with E-state index in [4.69, 9.17) is 0 Å². The van der Waals surface area contributed by atoms with Crippen molar-refractivity contribution in [3.63, 3.8) is 0 Å². The summed E-state index contributed by atoms with van der Waals surface area (Å²) in [4.78, 5) is 13.8. The van der Waals surface area contributed by atoms with Crippen LogP contribution in [0.2, 0.25) is 0 Å². The third kappa shape index (κ3) is 1.67. The molecule has 0 radical (unpaired) electrons. The normalized spacial score (nSPS) is 11.8. The van der Waals surface area contributed by atoms with E-state index in [1.165, 1.54) is 0 Å². The van der Waals surface area contributed by atoms with Crippen LogP contribution in [0.5, 0.6) is 5.88 Å². The van der Waals surface area contributed by atoms with Gasteiger partial charge in [0, 0.05) is 11.1 Å². The standard InChI is InChI=1S/C11H17NO2/c1-6-7(2)9(13)12-10(14)8(6)11(3,4)5/h1-5H3,(H2,12,13,14). The molecule has 0 unspecified atom stereocenters. The maximum absolute atomic E-state index is 11.3. The minimum Gasteiger partial charge on any atom is -0.494 e. The summed E-state index contributed by atoms with van der Waals surface area (Å²) in [5.41, 5.74) is 1.98. The largest absolute Gasteiger partial charge is 0.494 e. The van der Waals surface area contributed by atoms with Gasteiger partial charge < -0.3 is 5.11 Å². The third-order valence-electron chi connectivity index (χ3n) is 2.50. The van der Waals surface area contributed by atoms with Gasteiger partial charge in [-0.25, -0.2) is 0 Å². The fourth-order valence-corrected chi connectivity index (χ4v) is 1.72. The maximum Gasteiger partial charge on any atom is 0.253 e. The highest BCUT2D eigenvalue weighted by molar-refractivity contribution is 5.42. The third-order valence-corrected chi connectivity index (χ3v) is 2.50. The molecule has 1 heterocycles. The Labute approximate surface area is 83.8 Å². The number of rotatable bonds is 0. The SMILES string of the molecule is Cc1c(C(C)(C)C)c(O)[nH]c(=O)c1C. The first kappa shape index (κ1) is 10.8. The van der Waals surface area contributed by atoms with E-state index in [0.717, 1.165) is 11.1 Å². The Morgan fingerprint density at radius 1 is 1.14 bits per heavy atom. The fourth-order valence-electron chi connectivity index (χ4n) is 1.72. The quantitative estimate of drug-likeness (QED) is 0.665. The van der Waals surface area contributed by atoms with Crippen LogP contribution in [0.25, 0.3) is 0 Å². The predicted octanol–water partition coefficient (Wildman–Crippen LogP) is 1.99.